The van der Waals surface area contributed by atoms with Crippen LogP contribution < -0.4 is 5.32 Å². The van der Waals surface area contributed by atoms with Gasteiger partial charge in [-0.1, -0.05) is 26.0 Å². The van der Waals surface area contributed by atoms with Crippen molar-refractivity contribution in [3.63, 3.8) is 0 Å². The van der Waals surface area contributed by atoms with Gasteiger partial charge in [-0.3, -0.25) is 4.79 Å². The van der Waals surface area contributed by atoms with E-state index in [4.69, 9.17) is 4.74 Å². The van der Waals surface area contributed by atoms with E-state index in [1.54, 1.807) is 0 Å². The maximum absolute atomic E-state index is 12.3. The van der Waals surface area contributed by atoms with Crippen molar-refractivity contribution in [2.75, 3.05) is 6.61 Å². The second-order valence-corrected chi connectivity index (χ2v) is 6.33. The Morgan fingerprint density at radius 2 is 2.27 bits per heavy atom. The lowest BCUT2D eigenvalue weighted by Crippen LogP contribution is -2.37. The number of benzene rings is 1. The molecule has 0 spiro atoms. The SMILES string of the molecule is CC(C)C[C@@H](NC(=O)[C@H]1CCCO1)c1nc2ccccc2[nH]1. The summed E-state index contributed by atoms with van der Waals surface area (Å²) < 4.78 is 5.47. The molecule has 1 aliphatic rings. The molecule has 5 heteroatoms. The van der Waals surface area contributed by atoms with E-state index in [2.05, 4.69) is 29.1 Å². The number of amides is 1. The summed E-state index contributed by atoms with van der Waals surface area (Å²) in [5, 5.41) is 3.11. The van der Waals surface area contributed by atoms with Crippen molar-refractivity contribution in [3.8, 4) is 0 Å². The number of carbonyl (C=O) groups excluding carboxylic acids is 1. The standard InChI is InChI=1S/C17H23N3O2/c1-11(2)10-14(20-17(21)15-8-5-9-22-15)16-18-12-6-3-4-7-13(12)19-16/h3-4,6-7,11,14-15H,5,8-10H2,1-2H3,(H,18,19)(H,20,21)/t14-,15-/m1/s1. The smallest absolute Gasteiger partial charge is 0.249 e. The molecule has 2 heterocycles. The third kappa shape index (κ3) is 3.30. The average molecular weight is 301 g/mol. The summed E-state index contributed by atoms with van der Waals surface area (Å²) in [6.07, 6.45) is 2.30. The van der Waals surface area contributed by atoms with Gasteiger partial charge >= 0.3 is 0 Å². The second kappa shape index (κ2) is 6.48. The molecule has 22 heavy (non-hydrogen) atoms. The Balaban J connectivity index is 1.80. The normalized spacial score (nSPS) is 19.7. The minimum atomic E-state index is -0.306. The van der Waals surface area contributed by atoms with Crippen LogP contribution in [0, 0.1) is 5.92 Å². The van der Waals surface area contributed by atoms with Crippen molar-refractivity contribution in [2.24, 2.45) is 5.92 Å². The number of nitrogens with zero attached hydrogens (tertiary/aromatic N) is 1. The Hall–Kier alpha value is -1.88. The van der Waals surface area contributed by atoms with E-state index in [1.807, 2.05) is 24.3 Å². The van der Waals surface area contributed by atoms with Gasteiger partial charge in [0.1, 0.15) is 11.9 Å². The molecule has 0 saturated carbocycles. The Kier molecular flexibility index (Phi) is 4.43. The lowest BCUT2D eigenvalue weighted by atomic mass is 10.0. The fourth-order valence-corrected chi connectivity index (χ4v) is 2.90. The van der Waals surface area contributed by atoms with Crippen molar-refractivity contribution in [2.45, 2.75) is 45.3 Å². The van der Waals surface area contributed by atoms with Crippen LogP contribution in [0.5, 0.6) is 0 Å². The molecule has 1 saturated heterocycles. The van der Waals surface area contributed by atoms with Crippen LogP contribution >= 0.6 is 0 Å². The number of hydrogen-bond acceptors (Lipinski definition) is 3. The van der Waals surface area contributed by atoms with Crippen molar-refractivity contribution in [1.82, 2.24) is 15.3 Å². The number of aromatic amines is 1. The predicted octanol–water partition coefficient (Wildman–Crippen LogP) is 2.95. The number of imidazole rings is 1. The molecule has 0 unspecified atom stereocenters. The van der Waals surface area contributed by atoms with Crippen molar-refractivity contribution >= 4 is 16.9 Å². The highest BCUT2D eigenvalue weighted by atomic mass is 16.5. The van der Waals surface area contributed by atoms with E-state index in [0.717, 1.165) is 36.1 Å². The number of aromatic nitrogens is 2. The van der Waals surface area contributed by atoms with E-state index in [0.29, 0.717) is 12.5 Å². The summed E-state index contributed by atoms with van der Waals surface area (Å²) in [5.74, 6) is 1.26. The first-order valence-corrected chi connectivity index (χ1v) is 8.00. The van der Waals surface area contributed by atoms with E-state index in [9.17, 15) is 4.79 Å². The van der Waals surface area contributed by atoms with Gasteiger partial charge in [0.05, 0.1) is 17.1 Å². The van der Waals surface area contributed by atoms with Gasteiger partial charge in [0, 0.05) is 6.61 Å². The van der Waals surface area contributed by atoms with Gasteiger partial charge in [-0.2, -0.15) is 0 Å². The highest BCUT2D eigenvalue weighted by Crippen LogP contribution is 2.23. The molecule has 3 rings (SSSR count). The summed E-state index contributed by atoms with van der Waals surface area (Å²) in [4.78, 5) is 20.3. The molecule has 118 valence electrons. The quantitative estimate of drug-likeness (QED) is 0.892. The highest BCUT2D eigenvalue weighted by Gasteiger charge is 2.27. The van der Waals surface area contributed by atoms with Crippen LogP contribution in [0.1, 0.15) is 45.0 Å². The minimum absolute atomic E-state index is 0.0244. The third-order valence-corrected chi connectivity index (χ3v) is 3.98. The van der Waals surface area contributed by atoms with Crippen molar-refractivity contribution in [3.05, 3.63) is 30.1 Å². The third-order valence-electron chi connectivity index (χ3n) is 3.98. The molecule has 1 fully saturated rings. The van der Waals surface area contributed by atoms with Crippen molar-refractivity contribution < 1.29 is 9.53 Å². The molecule has 2 N–H and O–H groups in total. The van der Waals surface area contributed by atoms with E-state index >= 15 is 0 Å². The fraction of sp³-hybridized carbons (Fsp3) is 0.529. The summed E-state index contributed by atoms with van der Waals surface area (Å²) in [5.41, 5.74) is 1.93. The van der Waals surface area contributed by atoms with Crippen LogP contribution in [0.2, 0.25) is 0 Å². The minimum Gasteiger partial charge on any atom is -0.368 e. The van der Waals surface area contributed by atoms with Gasteiger partial charge in [-0.05, 0) is 37.3 Å². The second-order valence-electron chi connectivity index (χ2n) is 6.33. The van der Waals surface area contributed by atoms with Gasteiger partial charge in [0.15, 0.2) is 0 Å². The highest BCUT2D eigenvalue weighted by molar-refractivity contribution is 5.81. The summed E-state index contributed by atoms with van der Waals surface area (Å²) >= 11 is 0. The zero-order valence-electron chi connectivity index (χ0n) is 13.1. The molecule has 0 aliphatic carbocycles. The summed E-state index contributed by atoms with van der Waals surface area (Å²) in [6.45, 7) is 4.97. The molecule has 1 amide bonds. The Morgan fingerprint density at radius 3 is 2.95 bits per heavy atom. The molecule has 2 aromatic rings. The Morgan fingerprint density at radius 1 is 1.45 bits per heavy atom. The lowest BCUT2D eigenvalue weighted by molar-refractivity contribution is -0.131. The lowest BCUT2D eigenvalue weighted by Gasteiger charge is -2.20. The first-order valence-electron chi connectivity index (χ1n) is 8.00. The maximum atomic E-state index is 12.3. The van der Waals surface area contributed by atoms with Gasteiger partial charge in [-0.25, -0.2) is 4.98 Å². The number of carbonyl (C=O) groups is 1. The molecule has 2 atom stereocenters. The zero-order valence-corrected chi connectivity index (χ0v) is 13.1. The van der Waals surface area contributed by atoms with Crippen LogP contribution in [0.25, 0.3) is 11.0 Å². The topological polar surface area (TPSA) is 67.0 Å². The van der Waals surface area contributed by atoms with Gasteiger partial charge in [0.25, 0.3) is 0 Å². The van der Waals surface area contributed by atoms with Crippen molar-refractivity contribution in [1.29, 1.82) is 0 Å². The number of hydrogen-bond donors (Lipinski definition) is 2. The van der Waals surface area contributed by atoms with E-state index < -0.39 is 0 Å². The van der Waals surface area contributed by atoms with Gasteiger partial charge in [-0.15, -0.1) is 0 Å². The largest absolute Gasteiger partial charge is 0.368 e. The first-order chi connectivity index (χ1) is 10.6. The summed E-state index contributed by atoms with van der Waals surface area (Å²) in [7, 11) is 0. The summed E-state index contributed by atoms with van der Waals surface area (Å²) in [6, 6.07) is 7.82. The maximum Gasteiger partial charge on any atom is 0.249 e. The molecule has 0 radical (unpaired) electrons. The van der Waals surface area contributed by atoms with Crippen LogP contribution in [0.15, 0.2) is 24.3 Å². The molecular formula is C17H23N3O2. The Labute approximate surface area is 130 Å². The molecule has 5 nitrogen and oxygen atoms in total. The average Bonchev–Trinajstić information content (AvgIpc) is 3.15. The van der Waals surface area contributed by atoms with Gasteiger partial charge < -0.3 is 15.0 Å². The molecule has 1 aliphatic heterocycles. The van der Waals surface area contributed by atoms with E-state index in [1.165, 1.54) is 0 Å². The van der Waals surface area contributed by atoms with Crippen LogP contribution in [0.3, 0.4) is 0 Å². The zero-order chi connectivity index (χ0) is 15.5. The van der Waals surface area contributed by atoms with Crippen LogP contribution in [0.4, 0.5) is 0 Å². The predicted molar refractivity (Wildman–Crippen MR) is 85.4 cm³/mol. The molecule has 1 aromatic heterocycles. The molecule has 1 aromatic carbocycles. The number of para-hydroxylation sites is 2. The number of ether oxygens (including phenoxy) is 1. The number of fused-ring (bicyclic) bond motifs is 1. The number of rotatable bonds is 5. The fourth-order valence-electron chi connectivity index (χ4n) is 2.90. The van der Waals surface area contributed by atoms with E-state index in [-0.39, 0.29) is 18.1 Å². The first kappa shape index (κ1) is 15.0. The number of nitrogens with one attached hydrogen (secondary N) is 2. The van der Waals surface area contributed by atoms with Crippen LogP contribution in [-0.4, -0.2) is 28.6 Å². The Bertz CT molecular complexity index is 611. The number of H-pyrrole nitrogens is 1. The van der Waals surface area contributed by atoms with Gasteiger partial charge in [0.2, 0.25) is 5.91 Å². The molecule has 0 bridgehead atoms. The monoisotopic (exact) mass is 301 g/mol. The van der Waals surface area contributed by atoms with Crippen LogP contribution in [-0.2, 0) is 9.53 Å². The molecular weight excluding hydrogens is 278 g/mol.